The standard InChI is InChI=1S/C39H43N3/c1-27-7-11-31(12-8-27)25-40-37-21-17-34(23-29(37)3)39(33-15-19-36(20-16-33)42(5)6)35-18-22-38(30(4)24-35)41-26-32-13-9-28(2)10-14-32/h7-24,39-41H,25-26H2,1-6H3. The zero-order valence-corrected chi connectivity index (χ0v) is 25.8. The van der Waals surface area contributed by atoms with Gasteiger partial charge in [-0.1, -0.05) is 96.1 Å². The average Bonchev–Trinajstić information content (AvgIpc) is 2.98. The summed E-state index contributed by atoms with van der Waals surface area (Å²) in [6.07, 6.45) is 0. The number of nitrogens with one attached hydrogen (secondary N) is 2. The van der Waals surface area contributed by atoms with E-state index < -0.39 is 0 Å². The molecule has 5 aromatic rings. The summed E-state index contributed by atoms with van der Waals surface area (Å²) >= 11 is 0. The first-order valence-electron chi connectivity index (χ1n) is 14.8. The van der Waals surface area contributed by atoms with E-state index in [1.165, 1.54) is 67.1 Å². The third kappa shape index (κ3) is 7.03. The lowest BCUT2D eigenvalue weighted by molar-refractivity contribution is 0.968. The molecule has 0 aliphatic rings. The van der Waals surface area contributed by atoms with Gasteiger partial charge < -0.3 is 15.5 Å². The van der Waals surface area contributed by atoms with Crippen LogP contribution in [0, 0.1) is 27.7 Å². The first-order chi connectivity index (χ1) is 20.3. The Morgan fingerprint density at radius 1 is 0.500 bits per heavy atom. The first kappa shape index (κ1) is 29.0. The number of aryl methyl sites for hydroxylation is 4. The van der Waals surface area contributed by atoms with Gasteiger partial charge in [0.05, 0.1) is 0 Å². The van der Waals surface area contributed by atoms with Crippen molar-refractivity contribution in [3.05, 3.63) is 159 Å². The van der Waals surface area contributed by atoms with Crippen molar-refractivity contribution in [2.75, 3.05) is 29.6 Å². The van der Waals surface area contributed by atoms with Gasteiger partial charge in [0.1, 0.15) is 0 Å². The molecule has 0 aromatic heterocycles. The number of hydrogen-bond acceptors (Lipinski definition) is 3. The average molecular weight is 554 g/mol. The summed E-state index contributed by atoms with van der Waals surface area (Å²) in [4.78, 5) is 2.15. The molecule has 42 heavy (non-hydrogen) atoms. The molecule has 0 atom stereocenters. The molecule has 5 aromatic carbocycles. The molecule has 0 fully saturated rings. The van der Waals surface area contributed by atoms with Crippen LogP contribution in [0.4, 0.5) is 17.1 Å². The smallest absolute Gasteiger partial charge is 0.0400 e. The fourth-order valence-corrected chi connectivity index (χ4v) is 5.48. The number of rotatable bonds is 10. The second-order valence-corrected chi connectivity index (χ2v) is 11.7. The molecule has 0 unspecified atom stereocenters. The Balaban J connectivity index is 1.42. The molecule has 3 nitrogen and oxygen atoms in total. The van der Waals surface area contributed by atoms with E-state index in [2.05, 4.69) is 167 Å². The van der Waals surface area contributed by atoms with Crippen LogP contribution in [-0.2, 0) is 13.1 Å². The molecule has 0 heterocycles. The van der Waals surface area contributed by atoms with Gasteiger partial charge in [0.25, 0.3) is 0 Å². The largest absolute Gasteiger partial charge is 0.381 e. The zero-order valence-electron chi connectivity index (χ0n) is 25.8. The van der Waals surface area contributed by atoms with Crippen LogP contribution in [-0.4, -0.2) is 14.1 Å². The lowest BCUT2D eigenvalue weighted by Crippen LogP contribution is -2.10. The Labute approximate surface area is 252 Å². The predicted octanol–water partition coefficient (Wildman–Crippen LogP) is 9.39. The minimum absolute atomic E-state index is 0.135. The lowest BCUT2D eigenvalue weighted by atomic mass is 9.83. The number of anilines is 3. The third-order valence-electron chi connectivity index (χ3n) is 8.12. The molecule has 0 saturated heterocycles. The normalized spacial score (nSPS) is 11.0. The highest BCUT2D eigenvalue weighted by atomic mass is 15.1. The van der Waals surface area contributed by atoms with Crippen LogP contribution in [0.2, 0.25) is 0 Å². The SMILES string of the molecule is Cc1ccc(CNc2ccc(C(c3ccc(N(C)C)cc3)c3ccc(NCc4ccc(C)cc4)c(C)c3)cc2C)cc1. The summed E-state index contributed by atoms with van der Waals surface area (Å²) in [7, 11) is 4.17. The minimum atomic E-state index is 0.135. The Hall–Kier alpha value is -4.50. The molecular formula is C39H43N3. The van der Waals surface area contributed by atoms with Gasteiger partial charge in [0.15, 0.2) is 0 Å². The highest BCUT2D eigenvalue weighted by molar-refractivity contribution is 5.59. The molecule has 5 rings (SSSR count). The summed E-state index contributed by atoms with van der Waals surface area (Å²) in [6, 6.07) is 40.2. The summed E-state index contributed by atoms with van der Waals surface area (Å²) < 4.78 is 0. The van der Waals surface area contributed by atoms with Crippen molar-refractivity contribution in [2.24, 2.45) is 0 Å². The summed E-state index contributed by atoms with van der Waals surface area (Å²) in [6.45, 7) is 10.3. The Bertz CT molecular complexity index is 1520. The van der Waals surface area contributed by atoms with Crippen LogP contribution in [0.5, 0.6) is 0 Å². The number of nitrogens with zero attached hydrogens (tertiary/aromatic N) is 1. The van der Waals surface area contributed by atoms with Gasteiger partial charge in [0, 0.05) is 50.2 Å². The van der Waals surface area contributed by atoms with E-state index in [9.17, 15) is 0 Å². The molecule has 214 valence electrons. The highest BCUT2D eigenvalue weighted by Crippen LogP contribution is 2.36. The van der Waals surface area contributed by atoms with Crippen molar-refractivity contribution in [3.8, 4) is 0 Å². The fourth-order valence-electron chi connectivity index (χ4n) is 5.48. The van der Waals surface area contributed by atoms with E-state index in [1.54, 1.807) is 0 Å². The van der Waals surface area contributed by atoms with E-state index in [0.717, 1.165) is 13.1 Å². The molecular weight excluding hydrogens is 510 g/mol. The molecule has 0 bridgehead atoms. The molecule has 0 amide bonds. The molecule has 3 heteroatoms. The topological polar surface area (TPSA) is 27.3 Å². The van der Waals surface area contributed by atoms with Crippen molar-refractivity contribution in [1.82, 2.24) is 0 Å². The minimum Gasteiger partial charge on any atom is -0.381 e. The molecule has 0 aliphatic heterocycles. The third-order valence-corrected chi connectivity index (χ3v) is 8.12. The van der Waals surface area contributed by atoms with Gasteiger partial charge in [-0.05, 0) is 90.9 Å². The molecule has 2 N–H and O–H groups in total. The van der Waals surface area contributed by atoms with Crippen LogP contribution in [0.15, 0.2) is 109 Å². The first-order valence-corrected chi connectivity index (χ1v) is 14.8. The van der Waals surface area contributed by atoms with E-state index in [1.807, 2.05) is 0 Å². The summed E-state index contributed by atoms with van der Waals surface area (Å²) in [5.74, 6) is 0.135. The van der Waals surface area contributed by atoms with E-state index >= 15 is 0 Å². The molecule has 0 saturated carbocycles. The van der Waals surface area contributed by atoms with Crippen molar-refractivity contribution in [1.29, 1.82) is 0 Å². The second kappa shape index (κ2) is 13.0. The monoisotopic (exact) mass is 553 g/mol. The van der Waals surface area contributed by atoms with E-state index in [4.69, 9.17) is 0 Å². The lowest BCUT2D eigenvalue weighted by Gasteiger charge is -2.23. The van der Waals surface area contributed by atoms with Crippen LogP contribution in [0.1, 0.15) is 56.0 Å². The molecule has 0 radical (unpaired) electrons. The number of hydrogen-bond donors (Lipinski definition) is 2. The van der Waals surface area contributed by atoms with Crippen LogP contribution in [0.3, 0.4) is 0 Å². The molecule has 0 spiro atoms. The maximum Gasteiger partial charge on any atom is 0.0400 e. The Kier molecular flexibility index (Phi) is 8.97. The molecule has 0 aliphatic carbocycles. The van der Waals surface area contributed by atoms with Crippen molar-refractivity contribution in [2.45, 2.75) is 46.7 Å². The highest BCUT2D eigenvalue weighted by Gasteiger charge is 2.19. The van der Waals surface area contributed by atoms with Crippen molar-refractivity contribution in [3.63, 3.8) is 0 Å². The quantitative estimate of drug-likeness (QED) is 0.169. The maximum absolute atomic E-state index is 3.65. The number of benzene rings is 5. The van der Waals surface area contributed by atoms with Gasteiger partial charge in [-0.15, -0.1) is 0 Å². The van der Waals surface area contributed by atoms with Gasteiger partial charge in [-0.25, -0.2) is 0 Å². The van der Waals surface area contributed by atoms with Crippen LogP contribution < -0.4 is 15.5 Å². The Morgan fingerprint density at radius 3 is 1.29 bits per heavy atom. The van der Waals surface area contributed by atoms with Gasteiger partial charge in [-0.2, -0.15) is 0 Å². The zero-order chi connectivity index (χ0) is 29.6. The van der Waals surface area contributed by atoms with Gasteiger partial charge in [0.2, 0.25) is 0 Å². The second-order valence-electron chi connectivity index (χ2n) is 11.7. The van der Waals surface area contributed by atoms with Crippen LogP contribution in [0.25, 0.3) is 0 Å². The predicted molar refractivity (Wildman–Crippen MR) is 181 cm³/mol. The van der Waals surface area contributed by atoms with E-state index in [-0.39, 0.29) is 5.92 Å². The van der Waals surface area contributed by atoms with Crippen molar-refractivity contribution < 1.29 is 0 Å². The van der Waals surface area contributed by atoms with Gasteiger partial charge >= 0.3 is 0 Å². The van der Waals surface area contributed by atoms with Gasteiger partial charge in [-0.3, -0.25) is 0 Å². The Morgan fingerprint density at radius 2 is 0.905 bits per heavy atom. The fraction of sp³-hybridized carbons (Fsp3) is 0.231. The van der Waals surface area contributed by atoms with Crippen LogP contribution >= 0.6 is 0 Å². The summed E-state index contributed by atoms with van der Waals surface area (Å²) in [5.41, 5.74) is 15.1. The van der Waals surface area contributed by atoms with Crippen molar-refractivity contribution >= 4 is 17.1 Å². The summed E-state index contributed by atoms with van der Waals surface area (Å²) in [5, 5.41) is 7.30. The maximum atomic E-state index is 3.65. The van der Waals surface area contributed by atoms with E-state index in [0.29, 0.717) is 0 Å².